The first-order chi connectivity index (χ1) is 9.44. The van der Waals surface area contributed by atoms with E-state index in [9.17, 15) is 4.79 Å². The maximum Gasteiger partial charge on any atom is 0.254 e. The van der Waals surface area contributed by atoms with Gasteiger partial charge < -0.3 is 10.0 Å². The zero-order chi connectivity index (χ0) is 14.8. The second-order valence-corrected chi connectivity index (χ2v) is 5.92. The monoisotopic (exact) mass is 271 g/mol. The standard InChI is InChI=1S/C17H21NO2/c1-13-10-14(6-4-9-19)12-15(11-13)16(20)18-8-5-7-17(18,2)3/h10-12,19H,5,7-9H2,1-3H3. The van der Waals surface area contributed by atoms with Gasteiger partial charge in [-0.25, -0.2) is 0 Å². The number of likely N-dealkylation sites (tertiary alicyclic amines) is 1. The third-order valence-corrected chi connectivity index (χ3v) is 3.78. The Kier molecular flexibility index (Phi) is 4.15. The van der Waals surface area contributed by atoms with Gasteiger partial charge in [-0.2, -0.15) is 0 Å². The molecule has 3 heteroatoms. The van der Waals surface area contributed by atoms with Crippen molar-refractivity contribution in [3.8, 4) is 11.8 Å². The molecule has 0 aliphatic carbocycles. The molecule has 0 radical (unpaired) electrons. The lowest BCUT2D eigenvalue weighted by atomic mass is 10.00. The molecule has 1 aliphatic heterocycles. The normalized spacial score (nSPS) is 16.7. The summed E-state index contributed by atoms with van der Waals surface area (Å²) in [7, 11) is 0. The summed E-state index contributed by atoms with van der Waals surface area (Å²) in [6.07, 6.45) is 2.10. The lowest BCUT2D eigenvalue weighted by Crippen LogP contribution is -2.42. The molecule has 20 heavy (non-hydrogen) atoms. The predicted molar refractivity (Wildman–Crippen MR) is 79.5 cm³/mol. The summed E-state index contributed by atoms with van der Waals surface area (Å²) in [6.45, 7) is 6.82. The van der Waals surface area contributed by atoms with Gasteiger partial charge in [-0.1, -0.05) is 11.8 Å². The molecule has 0 aromatic heterocycles. The second-order valence-electron chi connectivity index (χ2n) is 5.92. The minimum atomic E-state index is -0.170. The van der Waals surface area contributed by atoms with Crippen LogP contribution in [0.2, 0.25) is 0 Å². The summed E-state index contributed by atoms with van der Waals surface area (Å²) in [4.78, 5) is 14.6. The summed E-state index contributed by atoms with van der Waals surface area (Å²) in [6, 6.07) is 5.64. The van der Waals surface area contributed by atoms with Gasteiger partial charge >= 0.3 is 0 Å². The molecule has 0 spiro atoms. The smallest absolute Gasteiger partial charge is 0.254 e. The Bertz CT molecular complexity index is 578. The number of rotatable bonds is 1. The fraction of sp³-hybridized carbons (Fsp3) is 0.471. The van der Waals surface area contributed by atoms with Crippen molar-refractivity contribution in [2.45, 2.75) is 39.2 Å². The minimum Gasteiger partial charge on any atom is -0.384 e. The highest BCUT2D eigenvalue weighted by Crippen LogP contribution is 2.30. The molecular weight excluding hydrogens is 250 g/mol. The lowest BCUT2D eigenvalue weighted by molar-refractivity contribution is 0.0652. The Hall–Kier alpha value is -1.79. The van der Waals surface area contributed by atoms with E-state index >= 15 is 0 Å². The van der Waals surface area contributed by atoms with Gasteiger partial charge in [0.25, 0.3) is 5.91 Å². The number of aliphatic hydroxyl groups excluding tert-OH is 1. The maximum absolute atomic E-state index is 12.7. The first-order valence-electron chi connectivity index (χ1n) is 6.97. The van der Waals surface area contributed by atoms with Crippen LogP contribution in [0.25, 0.3) is 0 Å². The van der Waals surface area contributed by atoms with Gasteiger partial charge in [-0.3, -0.25) is 4.79 Å². The number of nitrogens with zero attached hydrogens (tertiary/aromatic N) is 1. The fourth-order valence-electron chi connectivity index (χ4n) is 2.76. The number of hydrogen-bond acceptors (Lipinski definition) is 2. The largest absolute Gasteiger partial charge is 0.384 e. The number of carbonyl (C=O) groups excluding carboxylic acids is 1. The highest BCUT2D eigenvalue weighted by atomic mass is 16.2. The zero-order valence-electron chi connectivity index (χ0n) is 12.4. The molecule has 1 aliphatic rings. The summed E-state index contributed by atoms with van der Waals surface area (Å²) < 4.78 is 0. The van der Waals surface area contributed by atoms with E-state index in [4.69, 9.17) is 5.11 Å². The van der Waals surface area contributed by atoms with Crippen LogP contribution in [0.3, 0.4) is 0 Å². The van der Waals surface area contributed by atoms with Gasteiger partial charge in [0.1, 0.15) is 6.61 Å². The van der Waals surface area contributed by atoms with Crippen LogP contribution in [0.15, 0.2) is 18.2 Å². The van der Waals surface area contributed by atoms with E-state index in [1.807, 2.05) is 30.0 Å². The highest BCUT2D eigenvalue weighted by molar-refractivity contribution is 5.95. The first kappa shape index (κ1) is 14.6. The van der Waals surface area contributed by atoms with Crippen molar-refractivity contribution in [3.05, 3.63) is 34.9 Å². The molecule has 1 fully saturated rings. The van der Waals surface area contributed by atoms with Crippen molar-refractivity contribution in [1.82, 2.24) is 4.90 Å². The molecule has 1 aromatic rings. The quantitative estimate of drug-likeness (QED) is 0.797. The molecule has 0 bridgehead atoms. The van der Waals surface area contributed by atoms with Crippen LogP contribution in [0.1, 0.15) is 48.2 Å². The van der Waals surface area contributed by atoms with Crippen LogP contribution in [-0.2, 0) is 0 Å². The van der Waals surface area contributed by atoms with E-state index in [-0.39, 0.29) is 18.1 Å². The van der Waals surface area contributed by atoms with Crippen LogP contribution >= 0.6 is 0 Å². The molecule has 3 nitrogen and oxygen atoms in total. The Morgan fingerprint density at radius 2 is 2.15 bits per heavy atom. The fourth-order valence-corrected chi connectivity index (χ4v) is 2.76. The van der Waals surface area contributed by atoms with Crippen LogP contribution < -0.4 is 0 Å². The Morgan fingerprint density at radius 1 is 1.40 bits per heavy atom. The van der Waals surface area contributed by atoms with Gasteiger partial charge in [-0.05, 0) is 57.4 Å². The average molecular weight is 271 g/mol. The molecular formula is C17H21NO2. The van der Waals surface area contributed by atoms with Crippen LogP contribution in [0, 0.1) is 18.8 Å². The van der Waals surface area contributed by atoms with E-state index in [0.29, 0.717) is 5.56 Å². The third kappa shape index (κ3) is 3.02. The predicted octanol–water partition coefficient (Wildman–Crippen LogP) is 2.35. The summed E-state index contributed by atoms with van der Waals surface area (Å²) >= 11 is 0. The molecule has 1 N–H and O–H groups in total. The van der Waals surface area contributed by atoms with Crippen molar-refractivity contribution in [3.63, 3.8) is 0 Å². The zero-order valence-corrected chi connectivity index (χ0v) is 12.4. The lowest BCUT2D eigenvalue weighted by Gasteiger charge is -2.31. The minimum absolute atomic E-state index is 0.0717. The van der Waals surface area contributed by atoms with E-state index in [2.05, 4.69) is 25.7 Å². The molecule has 106 valence electrons. The summed E-state index contributed by atoms with van der Waals surface area (Å²) in [5.74, 6) is 5.57. The van der Waals surface area contributed by atoms with Crippen molar-refractivity contribution < 1.29 is 9.90 Å². The van der Waals surface area contributed by atoms with Crippen LogP contribution in [-0.4, -0.2) is 34.6 Å². The van der Waals surface area contributed by atoms with Gasteiger partial charge in [0.15, 0.2) is 0 Å². The summed E-state index contributed by atoms with van der Waals surface area (Å²) in [5.41, 5.74) is 2.40. The number of hydrogen-bond donors (Lipinski definition) is 1. The topological polar surface area (TPSA) is 40.5 Å². The van der Waals surface area contributed by atoms with E-state index in [1.165, 1.54) is 0 Å². The molecule has 0 atom stereocenters. The first-order valence-corrected chi connectivity index (χ1v) is 6.97. The SMILES string of the molecule is Cc1cc(C#CCO)cc(C(=O)N2CCCC2(C)C)c1. The van der Waals surface area contributed by atoms with Crippen LogP contribution in [0.4, 0.5) is 0 Å². The molecule has 1 aromatic carbocycles. The van der Waals surface area contributed by atoms with Crippen LogP contribution in [0.5, 0.6) is 0 Å². The molecule has 1 saturated heterocycles. The molecule has 1 amide bonds. The Morgan fingerprint density at radius 3 is 2.75 bits per heavy atom. The molecule has 0 saturated carbocycles. The Balaban J connectivity index is 2.33. The molecule has 0 unspecified atom stereocenters. The van der Waals surface area contributed by atoms with E-state index < -0.39 is 0 Å². The van der Waals surface area contributed by atoms with Crippen molar-refractivity contribution in [2.24, 2.45) is 0 Å². The molecule has 1 heterocycles. The number of carbonyl (C=O) groups is 1. The van der Waals surface area contributed by atoms with Gasteiger partial charge in [-0.15, -0.1) is 0 Å². The number of aryl methyl sites for hydroxylation is 1. The number of aliphatic hydroxyl groups is 1. The number of benzene rings is 1. The molecule has 2 rings (SSSR count). The summed E-state index contributed by atoms with van der Waals surface area (Å²) in [5, 5.41) is 8.77. The van der Waals surface area contributed by atoms with Crippen molar-refractivity contribution in [2.75, 3.05) is 13.2 Å². The van der Waals surface area contributed by atoms with Gasteiger partial charge in [0, 0.05) is 23.2 Å². The van der Waals surface area contributed by atoms with Crippen molar-refractivity contribution >= 4 is 5.91 Å². The van der Waals surface area contributed by atoms with E-state index in [1.54, 1.807) is 0 Å². The Labute approximate surface area is 120 Å². The highest BCUT2D eigenvalue weighted by Gasteiger charge is 2.35. The second kappa shape index (κ2) is 5.68. The van der Waals surface area contributed by atoms with Gasteiger partial charge in [0.05, 0.1) is 0 Å². The number of amides is 1. The average Bonchev–Trinajstić information content (AvgIpc) is 2.74. The van der Waals surface area contributed by atoms with Crippen molar-refractivity contribution in [1.29, 1.82) is 0 Å². The third-order valence-electron chi connectivity index (χ3n) is 3.78. The van der Waals surface area contributed by atoms with Gasteiger partial charge in [0.2, 0.25) is 0 Å². The maximum atomic E-state index is 12.7. The van der Waals surface area contributed by atoms with E-state index in [0.717, 1.165) is 30.5 Å².